The molecule has 1 aliphatic rings. The fourth-order valence-corrected chi connectivity index (χ4v) is 3.66. The number of quaternary nitrogens is 1. The molecule has 0 unspecified atom stereocenters. The minimum absolute atomic E-state index is 0. The third-order valence-corrected chi connectivity index (χ3v) is 5.46. The van der Waals surface area contributed by atoms with Crippen molar-refractivity contribution in [1.82, 2.24) is 0 Å². The van der Waals surface area contributed by atoms with Crippen molar-refractivity contribution in [2.75, 3.05) is 20.1 Å². The second-order valence-corrected chi connectivity index (χ2v) is 7.62. The molecule has 0 fully saturated rings. The molecule has 0 amide bonds. The van der Waals surface area contributed by atoms with E-state index < -0.39 is 18.9 Å². The maximum atomic E-state index is 13.2. The van der Waals surface area contributed by atoms with Crippen LogP contribution in [0.2, 0.25) is 0 Å². The fourth-order valence-electron chi connectivity index (χ4n) is 3.66. The summed E-state index contributed by atoms with van der Waals surface area (Å²) in [6.45, 7) is 5.67. The largest absolute Gasteiger partial charge is 1.00 e. The van der Waals surface area contributed by atoms with Crippen LogP contribution in [0.4, 0.5) is 0 Å². The summed E-state index contributed by atoms with van der Waals surface area (Å²) in [6, 6.07) is 14.6. The van der Waals surface area contributed by atoms with E-state index in [9.17, 15) is 4.79 Å². The van der Waals surface area contributed by atoms with Crippen LogP contribution in [0.15, 0.2) is 48.5 Å². The average molecular weight is 451 g/mol. The first kappa shape index (κ1) is 18.2. The van der Waals surface area contributed by atoms with Gasteiger partial charge in [-0.1, -0.05) is 36.4 Å². The SMILES string of the molecule is [2H]C([2H])([2H])[N+](CCOC(=O)C1c2ccccc2Oc2ccccc21)(C(C)C)C(C)C.[Br-]. The number of rotatable bonds is 6. The van der Waals surface area contributed by atoms with Crippen LogP contribution in [-0.2, 0) is 9.53 Å². The number of halogens is 1. The highest BCUT2D eigenvalue weighted by Gasteiger charge is 2.35. The number of nitrogens with zero attached hydrogens (tertiary/aromatic N) is 1. The number of fused-ring (bicyclic) bond motifs is 2. The maximum Gasteiger partial charge on any atom is 0.318 e. The van der Waals surface area contributed by atoms with E-state index >= 15 is 0 Å². The maximum absolute atomic E-state index is 13.2. The van der Waals surface area contributed by atoms with Gasteiger partial charge in [-0.25, -0.2) is 0 Å². The second-order valence-electron chi connectivity index (χ2n) is 7.62. The Kier molecular flexibility index (Phi) is 5.91. The predicted octanol–water partition coefficient (Wildman–Crippen LogP) is 1.73. The summed E-state index contributed by atoms with van der Waals surface area (Å²) in [4.78, 5) is 13.2. The van der Waals surface area contributed by atoms with Gasteiger partial charge < -0.3 is 30.9 Å². The molecule has 0 atom stereocenters. The smallest absolute Gasteiger partial charge is 0.318 e. The van der Waals surface area contributed by atoms with E-state index in [-0.39, 0.29) is 46.7 Å². The van der Waals surface area contributed by atoms with Crippen molar-refractivity contribution in [3.8, 4) is 11.5 Å². The van der Waals surface area contributed by atoms with Gasteiger partial charge in [0.1, 0.15) is 30.6 Å². The van der Waals surface area contributed by atoms with E-state index in [1.54, 1.807) is 0 Å². The van der Waals surface area contributed by atoms with Gasteiger partial charge in [0.05, 0.1) is 23.2 Å². The zero-order valence-electron chi connectivity index (χ0n) is 19.8. The van der Waals surface area contributed by atoms with Gasteiger partial charge in [-0.15, -0.1) is 0 Å². The van der Waals surface area contributed by atoms with Crippen LogP contribution in [0, 0.1) is 0 Å². The van der Waals surface area contributed by atoms with Crippen LogP contribution in [0.25, 0.3) is 0 Å². The normalized spacial score (nSPS) is 15.4. The number of carbonyl (C=O) groups excluding carboxylic acids is 1. The van der Waals surface area contributed by atoms with Gasteiger partial charge in [0, 0.05) is 11.1 Å². The molecule has 0 N–H and O–H groups in total. The van der Waals surface area contributed by atoms with Crippen LogP contribution < -0.4 is 21.7 Å². The minimum atomic E-state index is -2.20. The molecule has 0 spiro atoms. The highest BCUT2D eigenvalue weighted by Crippen LogP contribution is 2.44. The third-order valence-electron chi connectivity index (χ3n) is 5.46. The van der Waals surface area contributed by atoms with E-state index in [0.29, 0.717) is 11.5 Å². The Morgan fingerprint density at radius 1 is 1.04 bits per heavy atom. The van der Waals surface area contributed by atoms with Crippen LogP contribution in [0.1, 0.15) is 48.9 Å². The van der Waals surface area contributed by atoms with E-state index in [2.05, 4.69) is 0 Å². The lowest BCUT2D eigenvalue weighted by molar-refractivity contribution is -0.949. The molecule has 2 aromatic carbocycles. The lowest BCUT2D eigenvalue weighted by Crippen LogP contribution is -3.00. The fraction of sp³-hybridized carbons (Fsp3) is 0.435. The van der Waals surface area contributed by atoms with E-state index in [0.717, 1.165) is 11.1 Å². The van der Waals surface area contributed by atoms with Gasteiger partial charge in [-0.2, -0.15) is 0 Å². The topological polar surface area (TPSA) is 35.5 Å². The third kappa shape index (κ3) is 4.26. The van der Waals surface area contributed by atoms with Crippen LogP contribution in [-0.4, -0.2) is 42.7 Å². The van der Waals surface area contributed by atoms with Crippen molar-refractivity contribution in [2.45, 2.75) is 45.7 Å². The zero-order valence-corrected chi connectivity index (χ0v) is 18.4. The van der Waals surface area contributed by atoms with E-state index in [1.807, 2.05) is 76.2 Å². The molecule has 0 radical (unpaired) electrons. The second kappa shape index (κ2) is 9.10. The highest BCUT2D eigenvalue weighted by molar-refractivity contribution is 5.85. The zero-order chi connectivity index (χ0) is 22.1. The number of hydrogen-bond donors (Lipinski definition) is 0. The first-order valence-electron chi connectivity index (χ1n) is 11.0. The van der Waals surface area contributed by atoms with Gasteiger partial charge in [-0.05, 0) is 39.8 Å². The molecule has 1 aliphatic heterocycles. The summed E-state index contributed by atoms with van der Waals surface area (Å²) in [6.07, 6.45) is 0. The molecule has 5 heteroatoms. The van der Waals surface area contributed by atoms with Crippen LogP contribution in [0.3, 0.4) is 0 Å². The standard InChI is InChI=1S/C23H30NO3.BrH/c1-16(2)24(5,17(3)4)14-15-26-23(25)22-18-10-6-8-12-20(18)27-21-13-9-7-11-19(21)22;/h6-13,16-17,22H,14-15H2,1-5H3;1H/q+1;/p-1/i5D3;. The lowest BCUT2D eigenvalue weighted by Gasteiger charge is -2.42. The van der Waals surface area contributed by atoms with Gasteiger partial charge >= 0.3 is 5.97 Å². The summed E-state index contributed by atoms with van der Waals surface area (Å²) in [5, 5.41) is 0. The number of benzene rings is 2. The molecule has 0 aliphatic carbocycles. The summed E-state index contributed by atoms with van der Waals surface area (Å²) >= 11 is 0. The molecule has 0 aromatic heterocycles. The predicted molar refractivity (Wildman–Crippen MR) is 107 cm³/mol. The Labute approximate surface area is 183 Å². The van der Waals surface area contributed by atoms with Crippen LogP contribution >= 0.6 is 0 Å². The quantitative estimate of drug-likeness (QED) is 0.496. The van der Waals surface area contributed by atoms with E-state index in [4.69, 9.17) is 13.6 Å². The first-order valence-corrected chi connectivity index (χ1v) is 9.49. The Balaban J connectivity index is 0.00000341. The number of hydrogen-bond acceptors (Lipinski definition) is 3. The summed E-state index contributed by atoms with van der Waals surface area (Å²) in [5.74, 6) is 0.276. The van der Waals surface area contributed by atoms with Crippen molar-refractivity contribution < 1.29 is 39.8 Å². The number of ether oxygens (including phenoxy) is 2. The van der Waals surface area contributed by atoms with Gasteiger partial charge in [0.2, 0.25) is 0 Å². The summed E-state index contributed by atoms with van der Waals surface area (Å²) < 4.78 is 35.9. The molecule has 0 bridgehead atoms. The minimum Gasteiger partial charge on any atom is -1.00 e. The van der Waals surface area contributed by atoms with Crippen molar-refractivity contribution in [3.05, 3.63) is 59.7 Å². The van der Waals surface area contributed by atoms with Crippen molar-refractivity contribution in [3.63, 3.8) is 0 Å². The van der Waals surface area contributed by atoms with Crippen molar-refractivity contribution >= 4 is 5.97 Å². The first-order chi connectivity index (χ1) is 14.1. The molecule has 1 heterocycles. The Morgan fingerprint density at radius 2 is 1.54 bits per heavy atom. The van der Waals surface area contributed by atoms with Gasteiger partial charge in [0.25, 0.3) is 0 Å². The Morgan fingerprint density at radius 3 is 2.00 bits per heavy atom. The molecule has 28 heavy (non-hydrogen) atoms. The van der Waals surface area contributed by atoms with E-state index in [1.165, 1.54) is 0 Å². The van der Waals surface area contributed by atoms with Crippen molar-refractivity contribution in [2.24, 2.45) is 0 Å². The van der Waals surface area contributed by atoms with Crippen LogP contribution in [0.5, 0.6) is 11.5 Å². The Hall–Kier alpha value is -1.85. The number of esters is 1. The molecular formula is C23H30BrNO3. The molecular weight excluding hydrogens is 418 g/mol. The molecule has 2 aromatic rings. The molecule has 0 saturated carbocycles. The molecule has 0 saturated heterocycles. The average Bonchev–Trinajstić information content (AvgIpc) is 2.67. The molecule has 3 rings (SSSR count). The summed E-state index contributed by atoms with van der Waals surface area (Å²) in [5.41, 5.74) is 1.51. The van der Waals surface area contributed by atoms with Gasteiger partial charge in [-0.3, -0.25) is 4.79 Å². The lowest BCUT2D eigenvalue weighted by atomic mass is 9.88. The number of para-hydroxylation sites is 2. The Bertz CT molecular complexity index is 861. The molecule has 152 valence electrons. The highest BCUT2D eigenvalue weighted by atomic mass is 79.9. The molecule has 4 nitrogen and oxygen atoms in total. The van der Waals surface area contributed by atoms with Crippen molar-refractivity contribution in [1.29, 1.82) is 0 Å². The number of likely N-dealkylation sites (N-methyl/N-ethyl adjacent to an activating group) is 1. The summed E-state index contributed by atoms with van der Waals surface area (Å²) in [7, 11) is 0. The number of carbonyl (C=O) groups is 1. The monoisotopic (exact) mass is 450 g/mol. The van der Waals surface area contributed by atoms with Gasteiger partial charge in [0.15, 0.2) is 0 Å².